The molecule has 0 atom stereocenters. The number of carbonyl (C=O) groups is 3. The molecule has 0 bridgehead atoms. The fourth-order valence-electron chi connectivity index (χ4n) is 1.69. The second kappa shape index (κ2) is 6.22. The Morgan fingerprint density at radius 2 is 1.76 bits per heavy atom. The van der Waals surface area contributed by atoms with E-state index < -0.39 is 11.8 Å². The molecule has 0 N–H and O–H groups in total. The number of hydrogen-bond acceptors (Lipinski definition) is 4. The molecule has 96 valence electrons. The molecule has 1 fully saturated rings. The molecule has 0 spiro atoms. The quantitative estimate of drug-likeness (QED) is 0.487. The molecule has 1 aliphatic heterocycles. The number of esters is 1. The number of hydrogen-bond donors (Lipinski definition) is 0. The minimum Gasteiger partial charge on any atom is -0.466 e. The van der Waals surface area contributed by atoms with E-state index in [4.69, 9.17) is 4.74 Å². The second-order valence-corrected chi connectivity index (χ2v) is 3.73. The summed E-state index contributed by atoms with van der Waals surface area (Å²) in [4.78, 5) is 37.3. The van der Waals surface area contributed by atoms with Crippen LogP contribution < -0.4 is 0 Å². The van der Waals surface area contributed by atoms with Crippen molar-refractivity contribution in [3.63, 3.8) is 0 Å². The van der Waals surface area contributed by atoms with Crippen molar-refractivity contribution < 1.29 is 19.1 Å². The first-order chi connectivity index (χ1) is 8.10. The van der Waals surface area contributed by atoms with Crippen LogP contribution in [0.4, 0.5) is 0 Å². The van der Waals surface area contributed by atoms with E-state index >= 15 is 0 Å². The minimum absolute atomic E-state index is 0.138. The SMILES string of the molecule is CCOC(=O)CCN1CCN(CC)C(=O)C1=O. The van der Waals surface area contributed by atoms with Crippen LogP contribution in [0, 0.1) is 0 Å². The molecule has 0 saturated carbocycles. The van der Waals surface area contributed by atoms with Gasteiger partial charge < -0.3 is 14.5 Å². The van der Waals surface area contributed by atoms with Gasteiger partial charge in [0.1, 0.15) is 0 Å². The lowest BCUT2D eigenvalue weighted by Crippen LogP contribution is -2.54. The summed E-state index contributed by atoms with van der Waals surface area (Å²) >= 11 is 0. The van der Waals surface area contributed by atoms with Gasteiger partial charge in [0.25, 0.3) is 0 Å². The number of piperazine rings is 1. The average Bonchev–Trinajstić information content (AvgIpc) is 2.31. The molecule has 17 heavy (non-hydrogen) atoms. The number of nitrogens with zero attached hydrogens (tertiary/aromatic N) is 2. The molecule has 0 unspecified atom stereocenters. The molecule has 0 aromatic heterocycles. The largest absolute Gasteiger partial charge is 0.466 e. The Morgan fingerprint density at radius 3 is 2.35 bits per heavy atom. The number of rotatable bonds is 5. The maximum absolute atomic E-state index is 11.6. The summed E-state index contributed by atoms with van der Waals surface area (Å²) < 4.78 is 4.77. The van der Waals surface area contributed by atoms with Gasteiger partial charge in [0, 0.05) is 26.2 Å². The Hall–Kier alpha value is -1.59. The zero-order valence-electron chi connectivity index (χ0n) is 10.3. The van der Waals surface area contributed by atoms with Crippen LogP contribution in [0.25, 0.3) is 0 Å². The maximum Gasteiger partial charge on any atom is 0.312 e. The third-order valence-corrected chi connectivity index (χ3v) is 2.67. The lowest BCUT2D eigenvalue weighted by molar-refractivity contribution is -0.156. The van der Waals surface area contributed by atoms with E-state index in [2.05, 4.69) is 0 Å². The van der Waals surface area contributed by atoms with E-state index in [1.54, 1.807) is 6.92 Å². The molecule has 1 aliphatic rings. The molecule has 2 amide bonds. The van der Waals surface area contributed by atoms with E-state index in [0.717, 1.165) is 0 Å². The van der Waals surface area contributed by atoms with Gasteiger partial charge in [-0.2, -0.15) is 0 Å². The van der Waals surface area contributed by atoms with Gasteiger partial charge >= 0.3 is 17.8 Å². The lowest BCUT2D eigenvalue weighted by Gasteiger charge is -2.32. The number of likely N-dealkylation sites (N-methyl/N-ethyl adjacent to an activating group) is 1. The fourth-order valence-corrected chi connectivity index (χ4v) is 1.69. The summed E-state index contributed by atoms with van der Waals surface area (Å²) in [5.41, 5.74) is 0. The monoisotopic (exact) mass is 242 g/mol. The zero-order chi connectivity index (χ0) is 12.8. The highest BCUT2D eigenvalue weighted by atomic mass is 16.5. The molecule has 0 aromatic carbocycles. The normalized spacial score (nSPS) is 16.4. The third kappa shape index (κ3) is 3.44. The van der Waals surface area contributed by atoms with Crippen molar-refractivity contribution in [2.75, 3.05) is 32.8 Å². The van der Waals surface area contributed by atoms with Crippen LogP contribution in [0.5, 0.6) is 0 Å². The summed E-state index contributed by atoms with van der Waals surface area (Å²) in [5, 5.41) is 0. The Morgan fingerprint density at radius 1 is 1.18 bits per heavy atom. The highest BCUT2D eigenvalue weighted by Gasteiger charge is 2.31. The summed E-state index contributed by atoms with van der Waals surface area (Å²) in [7, 11) is 0. The van der Waals surface area contributed by atoms with Crippen molar-refractivity contribution in [2.24, 2.45) is 0 Å². The van der Waals surface area contributed by atoms with E-state index in [0.29, 0.717) is 26.2 Å². The van der Waals surface area contributed by atoms with Crippen LogP contribution in [0.3, 0.4) is 0 Å². The van der Waals surface area contributed by atoms with Gasteiger partial charge in [0.2, 0.25) is 0 Å². The summed E-state index contributed by atoms with van der Waals surface area (Å²) in [6, 6.07) is 0. The number of ether oxygens (including phenoxy) is 1. The molecule has 6 nitrogen and oxygen atoms in total. The topological polar surface area (TPSA) is 66.9 Å². The van der Waals surface area contributed by atoms with Gasteiger partial charge in [-0.1, -0.05) is 0 Å². The molecule has 0 aliphatic carbocycles. The van der Waals surface area contributed by atoms with Crippen molar-refractivity contribution >= 4 is 17.8 Å². The van der Waals surface area contributed by atoms with Gasteiger partial charge in [-0.15, -0.1) is 0 Å². The van der Waals surface area contributed by atoms with Crippen LogP contribution >= 0.6 is 0 Å². The van der Waals surface area contributed by atoms with Crippen molar-refractivity contribution in [3.8, 4) is 0 Å². The maximum atomic E-state index is 11.6. The summed E-state index contributed by atoms with van der Waals surface area (Å²) in [6.07, 6.45) is 0.138. The van der Waals surface area contributed by atoms with Crippen molar-refractivity contribution in [3.05, 3.63) is 0 Å². The highest BCUT2D eigenvalue weighted by molar-refractivity contribution is 6.35. The highest BCUT2D eigenvalue weighted by Crippen LogP contribution is 2.05. The smallest absolute Gasteiger partial charge is 0.312 e. The Kier molecular flexibility index (Phi) is 4.93. The molecule has 1 heterocycles. The first-order valence-corrected chi connectivity index (χ1v) is 5.84. The van der Waals surface area contributed by atoms with Gasteiger partial charge in [0.15, 0.2) is 0 Å². The summed E-state index contributed by atoms with van der Waals surface area (Å²) in [5.74, 6) is -1.35. The third-order valence-electron chi connectivity index (χ3n) is 2.67. The molecule has 6 heteroatoms. The Bertz CT molecular complexity index is 317. The van der Waals surface area contributed by atoms with Crippen LogP contribution in [-0.2, 0) is 19.1 Å². The van der Waals surface area contributed by atoms with E-state index in [-0.39, 0.29) is 18.9 Å². The molecule has 1 rings (SSSR count). The van der Waals surface area contributed by atoms with Gasteiger partial charge in [-0.05, 0) is 13.8 Å². The first kappa shape index (κ1) is 13.5. The molecule has 0 aromatic rings. The zero-order valence-corrected chi connectivity index (χ0v) is 10.3. The molecular weight excluding hydrogens is 224 g/mol. The molecule has 1 saturated heterocycles. The Balaban J connectivity index is 2.43. The van der Waals surface area contributed by atoms with Crippen molar-refractivity contribution in [1.82, 2.24) is 9.80 Å². The molecular formula is C11H18N2O4. The standard InChI is InChI=1S/C11H18N2O4/c1-3-12-7-8-13(11(16)10(12)15)6-5-9(14)17-4-2/h3-8H2,1-2H3. The lowest BCUT2D eigenvalue weighted by atomic mass is 10.2. The van der Waals surface area contributed by atoms with Gasteiger partial charge in [0.05, 0.1) is 13.0 Å². The van der Waals surface area contributed by atoms with Crippen LogP contribution in [0.2, 0.25) is 0 Å². The average molecular weight is 242 g/mol. The van der Waals surface area contributed by atoms with E-state index in [1.165, 1.54) is 9.80 Å². The van der Waals surface area contributed by atoms with Crippen molar-refractivity contribution in [2.45, 2.75) is 20.3 Å². The second-order valence-electron chi connectivity index (χ2n) is 3.73. The first-order valence-electron chi connectivity index (χ1n) is 5.84. The number of amides is 2. The Labute approximate surface area is 101 Å². The molecule has 0 radical (unpaired) electrons. The minimum atomic E-state index is -0.526. The summed E-state index contributed by atoms with van der Waals surface area (Å²) in [6.45, 7) is 5.69. The van der Waals surface area contributed by atoms with E-state index in [1.807, 2.05) is 6.92 Å². The number of carbonyl (C=O) groups excluding carboxylic acids is 3. The predicted molar refractivity (Wildman–Crippen MR) is 60.1 cm³/mol. The van der Waals surface area contributed by atoms with Gasteiger partial charge in [-0.25, -0.2) is 0 Å². The van der Waals surface area contributed by atoms with Crippen molar-refractivity contribution in [1.29, 1.82) is 0 Å². The fraction of sp³-hybridized carbons (Fsp3) is 0.727. The van der Waals surface area contributed by atoms with Crippen LogP contribution in [0.1, 0.15) is 20.3 Å². The van der Waals surface area contributed by atoms with Gasteiger partial charge in [-0.3, -0.25) is 14.4 Å². The predicted octanol–water partition coefficient (Wildman–Crippen LogP) is -0.370. The van der Waals surface area contributed by atoms with E-state index in [9.17, 15) is 14.4 Å². The van der Waals surface area contributed by atoms with Crippen LogP contribution in [-0.4, -0.2) is 60.4 Å². The van der Waals surface area contributed by atoms with Crippen LogP contribution in [0.15, 0.2) is 0 Å².